The van der Waals surface area contributed by atoms with Gasteiger partial charge in [-0.05, 0) is 44.2 Å². The summed E-state index contributed by atoms with van der Waals surface area (Å²) in [6, 6.07) is 9.33. The van der Waals surface area contributed by atoms with Gasteiger partial charge in [-0.2, -0.15) is 0 Å². The van der Waals surface area contributed by atoms with Crippen molar-refractivity contribution >= 4 is 35.8 Å². The highest BCUT2D eigenvalue weighted by molar-refractivity contribution is 14.0. The van der Waals surface area contributed by atoms with E-state index in [-0.39, 0.29) is 29.8 Å². The molecule has 1 saturated heterocycles. The molecule has 0 spiro atoms. The van der Waals surface area contributed by atoms with E-state index >= 15 is 0 Å². The molecule has 1 aliphatic heterocycles. The number of likely N-dealkylation sites (N-methyl/N-ethyl adjacent to an activating group) is 1. The number of guanidine groups is 1. The maximum absolute atomic E-state index is 13.8. The van der Waals surface area contributed by atoms with Gasteiger partial charge in [0, 0.05) is 51.0 Å². The number of nitrogens with one attached hydrogen (secondary N) is 2. The summed E-state index contributed by atoms with van der Waals surface area (Å²) in [6.07, 6.45) is 1.85. The molecular formula is C22H32FIN6. The molecule has 0 unspecified atom stereocenters. The van der Waals surface area contributed by atoms with Gasteiger partial charge in [-0.3, -0.25) is 0 Å². The van der Waals surface area contributed by atoms with E-state index < -0.39 is 0 Å². The largest absolute Gasteiger partial charge is 0.357 e. The van der Waals surface area contributed by atoms with Crippen LogP contribution in [0.1, 0.15) is 23.6 Å². The fourth-order valence-electron chi connectivity index (χ4n) is 3.30. The molecule has 2 aromatic rings. The first-order chi connectivity index (χ1) is 14.1. The van der Waals surface area contributed by atoms with Gasteiger partial charge >= 0.3 is 0 Å². The summed E-state index contributed by atoms with van der Waals surface area (Å²) in [5.41, 5.74) is 2.64. The third kappa shape index (κ3) is 6.80. The third-order valence-corrected chi connectivity index (χ3v) is 5.12. The molecule has 1 fully saturated rings. The molecule has 2 heterocycles. The third-order valence-electron chi connectivity index (χ3n) is 5.12. The van der Waals surface area contributed by atoms with Crippen LogP contribution in [-0.4, -0.2) is 55.6 Å². The Labute approximate surface area is 196 Å². The first-order valence-corrected chi connectivity index (χ1v) is 10.2. The second-order valence-corrected chi connectivity index (χ2v) is 7.41. The Bertz CT molecular complexity index is 836. The molecule has 0 bridgehead atoms. The molecule has 1 aromatic heterocycles. The first kappa shape index (κ1) is 24.3. The number of anilines is 1. The van der Waals surface area contributed by atoms with Crippen molar-refractivity contribution in [2.24, 2.45) is 4.99 Å². The van der Waals surface area contributed by atoms with E-state index in [0.717, 1.165) is 49.7 Å². The zero-order valence-electron chi connectivity index (χ0n) is 18.0. The van der Waals surface area contributed by atoms with E-state index in [1.165, 1.54) is 0 Å². The van der Waals surface area contributed by atoms with E-state index in [1.807, 2.05) is 25.3 Å². The lowest BCUT2D eigenvalue weighted by molar-refractivity contribution is 0.312. The van der Waals surface area contributed by atoms with Crippen LogP contribution < -0.4 is 15.5 Å². The van der Waals surface area contributed by atoms with Crippen molar-refractivity contribution in [3.63, 3.8) is 0 Å². The standard InChI is InChI=1S/C22H31FN6.HI/c1-4-24-22(26-15-18-8-7-17(2)20(23)14-18)27-16-19-6-5-9-25-21(19)29-12-10-28(3)11-13-29;/h5-9,14H,4,10-13,15-16H2,1-3H3,(H2,24,26,27);1H. The molecule has 1 aliphatic rings. The molecule has 2 N–H and O–H groups in total. The first-order valence-electron chi connectivity index (χ1n) is 10.2. The summed E-state index contributed by atoms with van der Waals surface area (Å²) in [5, 5.41) is 6.65. The van der Waals surface area contributed by atoms with Gasteiger partial charge in [0.25, 0.3) is 0 Å². The summed E-state index contributed by atoms with van der Waals surface area (Å²) >= 11 is 0. The van der Waals surface area contributed by atoms with Gasteiger partial charge in [0.15, 0.2) is 5.96 Å². The Kier molecular flexibility index (Phi) is 9.77. The van der Waals surface area contributed by atoms with Crippen molar-refractivity contribution in [2.45, 2.75) is 26.9 Å². The molecule has 0 atom stereocenters. The number of aliphatic imine (C=N–C) groups is 1. The van der Waals surface area contributed by atoms with Crippen LogP contribution in [0.2, 0.25) is 0 Å². The Balaban J connectivity index is 0.00000320. The van der Waals surface area contributed by atoms with E-state index in [9.17, 15) is 4.39 Å². The molecule has 0 radical (unpaired) electrons. The summed E-state index contributed by atoms with van der Waals surface area (Å²) in [7, 11) is 2.15. The van der Waals surface area contributed by atoms with Crippen LogP contribution in [0.15, 0.2) is 41.5 Å². The second kappa shape index (κ2) is 12.0. The number of aromatic nitrogens is 1. The van der Waals surface area contributed by atoms with Crippen LogP contribution in [0, 0.1) is 12.7 Å². The Hall–Kier alpha value is -1.94. The molecule has 3 rings (SSSR count). The van der Waals surface area contributed by atoms with Gasteiger partial charge < -0.3 is 20.4 Å². The smallest absolute Gasteiger partial charge is 0.191 e. The van der Waals surface area contributed by atoms with Crippen LogP contribution in [0.25, 0.3) is 0 Å². The average Bonchev–Trinajstić information content (AvgIpc) is 2.73. The number of hydrogen-bond acceptors (Lipinski definition) is 4. The molecule has 6 nitrogen and oxygen atoms in total. The second-order valence-electron chi connectivity index (χ2n) is 7.41. The van der Waals surface area contributed by atoms with Crippen molar-refractivity contribution in [1.29, 1.82) is 0 Å². The van der Waals surface area contributed by atoms with Crippen molar-refractivity contribution in [1.82, 2.24) is 20.5 Å². The van der Waals surface area contributed by atoms with Crippen LogP contribution >= 0.6 is 24.0 Å². The molecule has 0 aliphatic carbocycles. The Morgan fingerprint density at radius 1 is 1.17 bits per heavy atom. The van der Waals surface area contributed by atoms with Crippen molar-refractivity contribution in [3.8, 4) is 0 Å². The maximum atomic E-state index is 13.8. The highest BCUT2D eigenvalue weighted by atomic mass is 127. The summed E-state index contributed by atoms with van der Waals surface area (Å²) in [6.45, 7) is 9.64. The highest BCUT2D eigenvalue weighted by Crippen LogP contribution is 2.18. The predicted octanol–water partition coefficient (Wildman–Crippen LogP) is 3.15. The summed E-state index contributed by atoms with van der Waals surface area (Å²) < 4.78 is 13.8. The lowest BCUT2D eigenvalue weighted by atomic mass is 10.1. The van der Waals surface area contributed by atoms with E-state index in [1.54, 1.807) is 19.1 Å². The van der Waals surface area contributed by atoms with Gasteiger partial charge in [-0.15, -0.1) is 24.0 Å². The lowest BCUT2D eigenvalue weighted by Crippen LogP contribution is -2.45. The van der Waals surface area contributed by atoms with E-state index in [0.29, 0.717) is 24.6 Å². The fourth-order valence-corrected chi connectivity index (χ4v) is 3.30. The average molecular weight is 526 g/mol. The van der Waals surface area contributed by atoms with Crippen LogP contribution in [0.5, 0.6) is 0 Å². The zero-order valence-corrected chi connectivity index (χ0v) is 20.3. The number of nitrogens with zero attached hydrogens (tertiary/aromatic N) is 4. The lowest BCUT2D eigenvalue weighted by Gasteiger charge is -2.34. The van der Waals surface area contributed by atoms with Gasteiger partial charge in [0.1, 0.15) is 11.6 Å². The number of benzene rings is 1. The number of rotatable bonds is 6. The highest BCUT2D eigenvalue weighted by Gasteiger charge is 2.18. The molecule has 30 heavy (non-hydrogen) atoms. The van der Waals surface area contributed by atoms with Crippen LogP contribution in [-0.2, 0) is 13.1 Å². The van der Waals surface area contributed by atoms with Gasteiger partial charge in [0.2, 0.25) is 0 Å². The normalized spacial score (nSPS) is 14.9. The summed E-state index contributed by atoms with van der Waals surface area (Å²) in [5.74, 6) is 1.55. The summed E-state index contributed by atoms with van der Waals surface area (Å²) in [4.78, 5) is 13.9. The van der Waals surface area contributed by atoms with Gasteiger partial charge in [-0.1, -0.05) is 18.2 Å². The molecule has 1 aromatic carbocycles. The maximum Gasteiger partial charge on any atom is 0.191 e. The minimum atomic E-state index is -0.192. The minimum Gasteiger partial charge on any atom is -0.357 e. The van der Waals surface area contributed by atoms with E-state index in [2.05, 4.69) is 43.5 Å². The van der Waals surface area contributed by atoms with Crippen LogP contribution in [0.3, 0.4) is 0 Å². The molecule has 164 valence electrons. The quantitative estimate of drug-likeness (QED) is 0.344. The molecule has 0 amide bonds. The minimum absolute atomic E-state index is 0. The molecular weight excluding hydrogens is 494 g/mol. The fraction of sp³-hybridized carbons (Fsp3) is 0.455. The Morgan fingerprint density at radius 3 is 2.63 bits per heavy atom. The number of aryl methyl sites for hydroxylation is 1. The van der Waals surface area contributed by atoms with Gasteiger partial charge in [0.05, 0.1) is 6.54 Å². The number of pyridine rings is 1. The molecule has 8 heteroatoms. The van der Waals surface area contributed by atoms with Crippen molar-refractivity contribution in [3.05, 3.63) is 59.0 Å². The monoisotopic (exact) mass is 526 g/mol. The topological polar surface area (TPSA) is 55.8 Å². The number of halogens is 2. The van der Waals surface area contributed by atoms with E-state index in [4.69, 9.17) is 0 Å². The zero-order chi connectivity index (χ0) is 20.6. The van der Waals surface area contributed by atoms with Crippen molar-refractivity contribution in [2.75, 3.05) is 44.7 Å². The van der Waals surface area contributed by atoms with Crippen molar-refractivity contribution < 1.29 is 4.39 Å². The number of hydrogen-bond donors (Lipinski definition) is 2. The predicted molar refractivity (Wildman–Crippen MR) is 132 cm³/mol. The SMILES string of the molecule is CCNC(=NCc1ccc(C)c(F)c1)NCc1cccnc1N1CCN(C)CC1.I. The number of piperazine rings is 1. The van der Waals surface area contributed by atoms with Crippen LogP contribution in [0.4, 0.5) is 10.2 Å². The van der Waals surface area contributed by atoms with Gasteiger partial charge in [-0.25, -0.2) is 14.4 Å². The Morgan fingerprint density at radius 2 is 1.93 bits per heavy atom. The molecule has 0 saturated carbocycles.